The van der Waals surface area contributed by atoms with Crippen molar-refractivity contribution in [3.8, 4) is 17.6 Å². The largest absolute Gasteiger partial charge is 0.415 e. The summed E-state index contributed by atoms with van der Waals surface area (Å²) in [4.78, 5) is 17.9. The molecule has 2 heterocycles. The number of pyridine rings is 1. The fourth-order valence-corrected chi connectivity index (χ4v) is 2.18. The van der Waals surface area contributed by atoms with Gasteiger partial charge < -0.3 is 9.64 Å². The highest BCUT2D eigenvalue weighted by Crippen LogP contribution is 2.14. The van der Waals surface area contributed by atoms with Crippen LogP contribution >= 0.6 is 0 Å². The molecule has 0 N–H and O–H groups in total. The molecule has 114 valence electrons. The number of hydrogen-bond donors (Lipinski definition) is 0. The van der Waals surface area contributed by atoms with Gasteiger partial charge in [-0.3, -0.25) is 0 Å². The molecule has 0 radical (unpaired) electrons. The molecule has 0 spiro atoms. The first-order chi connectivity index (χ1) is 11.3. The van der Waals surface area contributed by atoms with Crippen molar-refractivity contribution >= 4 is 6.09 Å². The Labute approximate surface area is 135 Å². The van der Waals surface area contributed by atoms with E-state index in [4.69, 9.17) is 4.74 Å². The highest BCUT2D eigenvalue weighted by Gasteiger charge is 2.18. The van der Waals surface area contributed by atoms with Gasteiger partial charge in [0.15, 0.2) is 0 Å². The van der Waals surface area contributed by atoms with Gasteiger partial charge in [0.25, 0.3) is 0 Å². The summed E-state index contributed by atoms with van der Waals surface area (Å²) in [7, 11) is 0. The molecule has 2 aromatic rings. The number of benzene rings is 1. The minimum absolute atomic E-state index is 0.329. The normalized spacial score (nSPS) is 13.6. The van der Waals surface area contributed by atoms with E-state index in [9.17, 15) is 4.79 Å². The number of nitrogens with zero attached hydrogens (tertiary/aromatic N) is 2. The third-order valence-corrected chi connectivity index (χ3v) is 3.43. The van der Waals surface area contributed by atoms with E-state index in [0.717, 1.165) is 17.7 Å². The topological polar surface area (TPSA) is 42.4 Å². The van der Waals surface area contributed by atoms with Crippen LogP contribution in [0.5, 0.6) is 5.75 Å². The van der Waals surface area contributed by atoms with Gasteiger partial charge in [-0.1, -0.05) is 36.3 Å². The number of hydrogen-bond acceptors (Lipinski definition) is 3. The van der Waals surface area contributed by atoms with E-state index >= 15 is 0 Å². The Hall–Kier alpha value is -3.06. The van der Waals surface area contributed by atoms with Gasteiger partial charge in [-0.2, -0.15) is 0 Å². The van der Waals surface area contributed by atoms with Gasteiger partial charge in [-0.15, -0.1) is 0 Å². The molecule has 0 fully saturated rings. The predicted molar refractivity (Wildman–Crippen MR) is 87.9 cm³/mol. The second-order valence-electron chi connectivity index (χ2n) is 5.07. The maximum atomic E-state index is 12.1. The molecule has 1 aromatic heterocycles. The smallest absolute Gasteiger partial charge is 0.410 e. The quantitative estimate of drug-likeness (QED) is 0.759. The molecule has 0 saturated carbocycles. The van der Waals surface area contributed by atoms with Crippen LogP contribution in [0.25, 0.3) is 0 Å². The average molecular weight is 304 g/mol. The Morgan fingerprint density at radius 1 is 1.09 bits per heavy atom. The number of para-hydroxylation sites is 1. The summed E-state index contributed by atoms with van der Waals surface area (Å²) in [5, 5.41) is 0. The van der Waals surface area contributed by atoms with E-state index < -0.39 is 0 Å². The minimum Gasteiger partial charge on any atom is -0.410 e. The molecule has 0 bridgehead atoms. The maximum absolute atomic E-state index is 12.1. The third kappa shape index (κ3) is 4.21. The molecule has 0 aliphatic carbocycles. The van der Waals surface area contributed by atoms with Crippen LogP contribution in [0.4, 0.5) is 4.79 Å². The molecule has 0 unspecified atom stereocenters. The Morgan fingerprint density at radius 2 is 1.91 bits per heavy atom. The van der Waals surface area contributed by atoms with Crippen molar-refractivity contribution in [2.45, 2.75) is 6.42 Å². The van der Waals surface area contributed by atoms with Gasteiger partial charge in [0.2, 0.25) is 0 Å². The van der Waals surface area contributed by atoms with Crippen LogP contribution in [-0.2, 0) is 0 Å². The van der Waals surface area contributed by atoms with Crippen LogP contribution in [0.2, 0.25) is 0 Å². The molecular weight excluding hydrogens is 288 g/mol. The lowest BCUT2D eigenvalue weighted by Crippen LogP contribution is -2.36. The van der Waals surface area contributed by atoms with Crippen LogP contribution < -0.4 is 4.74 Å². The number of aromatic nitrogens is 1. The molecule has 4 heteroatoms. The molecular formula is C19H16N2O2. The lowest BCUT2D eigenvalue weighted by molar-refractivity contribution is 0.156. The Balaban J connectivity index is 1.58. The summed E-state index contributed by atoms with van der Waals surface area (Å²) in [6.45, 7) is 1.12. The number of ether oxygens (including phenoxy) is 1. The van der Waals surface area contributed by atoms with E-state index in [0.29, 0.717) is 18.8 Å². The van der Waals surface area contributed by atoms with E-state index in [1.54, 1.807) is 23.2 Å². The highest BCUT2D eigenvalue weighted by atomic mass is 16.6. The van der Waals surface area contributed by atoms with Crippen molar-refractivity contribution in [1.82, 2.24) is 9.88 Å². The van der Waals surface area contributed by atoms with Crippen molar-refractivity contribution < 1.29 is 9.53 Å². The third-order valence-electron chi connectivity index (χ3n) is 3.43. The monoisotopic (exact) mass is 304 g/mol. The van der Waals surface area contributed by atoms with E-state index in [1.807, 2.05) is 42.5 Å². The fraction of sp³-hybridized carbons (Fsp3) is 0.158. The molecule has 3 rings (SSSR count). The van der Waals surface area contributed by atoms with Crippen LogP contribution in [0.1, 0.15) is 12.1 Å². The lowest BCUT2D eigenvalue weighted by Gasteiger charge is -2.24. The second kappa shape index (κ2) is 7.28. The standard InChI is InChI=1S/C19H16N2O2/c22-19(23-18-7-2-1-3-8-18)21-14-11-16(12-15-21)9-10-17-6-4-5-13-20-17/h1-8,11,13H,12,14-15H2. The summed E-state index contributed by atoms with van der Waals surface area (Å²) in [6.07, 6.45) is 4.08. The first-order valence-electron chi connectivity index (χ1n) is 7.45. The van der Waals surface area contributed by atoms with Crippen LogP contribution in [-0.4, -0.2) is 29.1 Å². The van der Waals surface area contributed by atoms with E-state index in [1.165, 1.54) is 0 Å². The zero-order chi connectivity index (χ0) is 15.9. The van der Waals surface area contributed by atoms with Crippen LogP contribution in [0.15, 0.2) is 66.4 Å². The van der Waals surface area contributed by atoms with E-state index in [-0.39, 0.29) is 6.09 Å². The zero-order valence-electron chi connectivity index (χ0n) is 12.6. The van der Waals surface area contributed by atoms with Crippen molar-refractivity contribution in [3.63, 3.8) is 0 Å². The van der Waals surface area contributed by atoms with Gasteiger partial charge in [0.1, 0.15) is 11.4 Å². The molecule has 1 aromatic carbocycles. The molecule has 1 aliphatic heterocycles. The summed E-state index contributed by atoms with van der Waals surface area (Å²) in [5.41, 5.74) is 1.78. The summed E-state index contributed by atoms with van der Waals surface area (Å²) in [6, 6.07) is 14.7. The van der Waals surface area contributed by atoms with Crippen molar-refractivity contribution in [2.75, 3.05) is 13.1 Å². The Bertz CT molecular complexity index is 758. The Kier molecular flexibility index (Phi) is 4.70. The fourth-order valence-electron chi connectivity index (χ4n) is 2.18. The van der Waals surface area contributed by atoms with Gasteiger partial charge in [-0.05, 0) is 36.6 Å². The SMILES string of the molecule is O=C(Oc1ccccc1)N1CC=C(C#Cc2ccccn2)CC1. The molecule has 4 nitrogen and oxygen atoms in total. The van der Waals surface area contributed by atoms with Crippen molar-refractivity contribution in [2.24, 2.45) is 0 Å². The van der Waals surface area contributed by atoms with Crippen molar-refractivity contribution in [1.29, 1.82) is 0 Å². The highest BCUT2D eigenvalue weighted by molar-refractivity contribution is 5.71. The van der Waals surface area contributed by atoms with Gasteiger partial charge in [-0.25, -0.2) is 9.78 Å². The number of carbonyl (C=O) groups excluding carboxylic acids is 1. The molecule has 0 atom stereocenters. The molecule has 1 amide bonds. The summed E-state index contributed by atoms with van der Waals surface area (Å²) < 4.78 is 5.33. The van der Waals surface area contributed by atoms with Crippen molar-refractivity contribution in [3.05, 3.63) is 72.1 Å². The van der Waals surface area contributed by atoms with Crippen LogP contribution in [0.3, 0.4) is 0 Å². The number of rotatable bonds is 1. The van der Waals surface area contributed by atoms with Gasteiger partial charge in [0.05, 0.1) is 0 Å². The lowest BCUT2D eigenvalue weighted by atomic mass is 10.1. The molecule has 23 heavy (non-hydrogen) atoms. The van der Waals surface area contributed by atoms with E-state index in [2.05, 4.69) is 16.8 Å². The Morgan fingerprint density at radius 3 is 2.61 bits per heavy atom. The zero-order valence-corrected chi connectivity index (χ0v) is 12.6. The van der Waals surface area contributed by atoms with Crippen LogP contribution in [0, 0.1) is 11.8 Å². The number of amides is 1. The average Bonchev–Trinajstić information content (AvgIpc) is 2.62. The predicted octanol–water partition coefficient (Wildman–Crippen LogP) is 3.26. The molecule has 0 saturated heterocycles. The number of carbonyl (C=O) groups is 1. The maximum Gasteiger partial charge on any atom is 0.415 e. The van der Waals surface area contributed by atoms with Gasteiger partial charge >= 0.3 is 6.09 Å². The first kappa shape index (κ1) is 14.9. The summed E-state index contributed by atoms with van der Waals surface area (Å²) in [5.74, 6) is 6.71. The second-order valence-corrected chi connectivity index (χ2v) is 5.07. The minimum atomic E-state index is -0.329. The molecule has 1 aliphatic rings. The summed E-state index contributed by atoms with van der Waals surface area (Å²) >= 11 is 0. The first-order valence-corrected chi connectivity index (χ1v) is 7.45. The van der Waals surface area contributed by atoms with Gasteiger partial charge in [0, 0.05) is 24.9 Å².